The lowest BCUT2D eigenvalue weighted by atomic mass is 10.3. The highest BCUT2D eigenvalue weighted by molar-refractivity contribution is 7.99. The van der Waals surface area contributed by atoms with Crippen molar-refractivity contribution in [1.82, 2.24) is 4.90 Å². The van der Waals surface area contributed by atoms with Crippen LogP contribution in [0.25, 0.3) is 0 Å². The molecular weight excluding hydrogens is 214 g/mol. The molecule has 1 amide bonds. The summed E-state index contributed by atoms with van der Waals surface area (Å²) in [6.45, 7) is 4.26. The number of carbonyl (C=O) groups excluding carboxylic acids is 1. The van der Waals surface area contributed by atoms with Crippen LogP contribution in [0.1, 0.15) is 13.3 Å². The van der Waals surface area contributed by atoms with Crippen molar-refractivity contribution in [1.29, 1.82) is 0 Å². The second kappa shape index (κ2) is 7.09. The van der Waals surface area contributed by atoms with E-state index in [0.29, 0.717) is 25.4 Å². The molecule has 1 aliphatic heterocycles. The number of amides is 1. The third-order valence-electron chi connectivity index (χ3n) is 2.27. The molecule has 1 saturated heterocycles. The van der Waals surface area contributed by atoms with Gasteiger partial charge in [-0.2, -0.15) is 11.8 Å². The van der Waals surface area contributed by atoms with E-state index >= 15 is 0 Å². The van der Waals surface area contributed by atoms with Gasteiger partial charge in [0, 0.05) is 19.7 Å². The van der Waals surface area contributed by atoms with E-state index in [4.69, 9.17) is 9.84 Å². The third kappa shape index (κ3) is 4.86. The van der Waals surface area contributed by atoms with Crippen molar-refractivity contribution in [2.24, 2.45) is 0 Å². The molecule has 1 N–H and O–H groups in total. The zero-order chi connectivity index (χ0) is 11.1. The lowest BCUT2D eigenvalue weighted by Gasteiger charge is -2.31. The molecule has 88 valence electrons. The van der Waals surface area contributed by atoms with Gasteiger partial charge in [-0.15, -0.1) is 0 Å². The summed E-state index contributed by atoms with van der Waals surface area (Å²) in [6, 6.07) is 0. The normalized spacial score (nSPS) is 21.7. The van der Waals surface area contributed by atoms with E-state index < -0.39 is 0 Å². The molecule has 1 heterocycles. The number of aliphatic hydroxyl groups is 1. The zero-order valence-electron chi connectivity index (χ0n) is 9.15. The largest absolute Gasteiger partial charge is 0.396 e. The van der Waals surface area contributed by atoms with Gasteiger partial charge in [-0.05, 0) is 19.1 Å². The fraction of sp³-hybridized carbons (Fsp3) is 0.900. The first-order valence-corrected chi connectivity index (χ1v) is 6.47. The molecule has 1 rings (SSSR count). The fourth-order valence-electron chi connectivity index (χ4n) is 1.46. The maximum atomic E-state index is 11.7. The molecular formula is C10H19NO3S. The Morgan fingerprint density at radius 2 is 2.47 bits per heavy atom. The molecule has 4 nitrogen and oxygen atoms in total. The molecule has 1 atom stereocenters. The van der Waals surface area contributed by atoms with Crippen molar-refractivity contribution in [2.75, 3.05) is 37.8 Å². The quantitative estimate of drug-likeness (QED) is 0.696. The van der Waals surface area contributed by atoms with Gasteiger partial charge in [0.15, 0.2) is 0 Å². The first-order chi connectivity index (χ1) is 7.24. The monoisotopic (exact) mass is 233 g/mol. The number of hydrogen-bond acceptors (Lipinski definition) is 4. The van der Waals surface area contributed by atoms with E-state index in [1.165, 1.54) is 0 Å². The molecule has 0 radical (unpaired) electrons. The Labute approximate surface area is 95.0 Å². The van der Waals surface area contributed by atoms with E-state index in [2.05, 4.69) is 0 Å². The van der Waals surface area contributed by atoms with Gasteiger partial charge in [0.2, 0.25) is 5.91 Å². The summed E-state index contributed by atoms with van der Waals surface area (Å²) < 4.78 is 5.37. The van der Waals surface area contributed by atoms with Gasteiger partial charge in [-0.1, -0.05) is 0 Å². The standard InChI is InChI=1S/C10H19NO3S/c1-9-7-11(3-5-14-9)10(13)8-15-6-2-4-12/h9,12H,2-8H2,1H3. The molecule has 0 aliphatic carbocycles. The summed E-state index contributed by atoms with van der Waals surface area (Å²) in [5, 5.41) is 8.59. The molecule has 0 spiro atoms. The SMILES string of the molecule is CC1CN(C(=O)CSCCCO)CCO1. The Balaban J connectivity index is 2.15. The van der Waals surface area contributed by atoms with Crippen LogP contribution in [0.2, 0.25) is 0 Å². The number of morpholine rings is 1. The van der Waals surface area contributed by atoms with Gasteiger partial charge in [0.05, 0.1) is 18.5 Å². The predicted octanol–water partition coefficient (Wildman–Crippen LogP) is 0.349. The van der Waals surface area contributed by atoms with Crippen molar-refractivity contribution >= 4 is 17.7 Å². The Bertz CT molecular complexity index is 201. The number of nitrogens with zero attached hydrogens (tertiary/aromatic N) is 1. The first kappa shape index (κ1) is 12.8. The lowest BCUT2D eigenvalue weighted by Crippen LogP contribution is -2.45. The topological polar surface area (TPSA) is 49.8 Å². The summed E-state index contributed by atoms with van der Waals surface area (Å²) in [4.78, 5) is 13.6. The molecule has 1 fully saturated rings. The highest BCUT2D eigenvalue weighted by Gasteiger charge is 2.20. The van der Waals surface area contributed by atoms with Crippen LogP contribution in [0.15, 0.2) is 0 Å². The van der Waals surface area contributed by atoms with Crippen molar-refractivity contribution in [3.63, 3.8) is 0 Å². The number of ether oxygens (including phenoxy) is 1. The van der Waals surface area contributed by atoms with Crippen molar-refractivity contribution in [3.05, 3.63) is 0 Å². The average molecular weight is 233 g/mol. The van der Waals surface area contributed by atoms with Crippen LogP contribution in [0.5, 0.6) is 0 Å². The zero-order valence-corrected chi connectivity index (χ0v) is 9.96. The molecule has 15 heavy (non-hydrogen) atoms. The van der Waals surface area contributed by atoms with Gasteiger partial charge in [0.1, 0.15) is 0 Å². The Morgan fingerprint density at radius 1 is 1.67 bits per heavy atom. The summed E-state index contributed by atoms with van der Waals surface area (Å²) >= 11 is 1.59. The summed E-state index contributed by atoms with van der Waals surface area (Å²) in [7, 11) is 0. The van der Waals surface area contributed by atoms with Gasteiger partial charge < -0.3 is 14.7 Å². The maximum absolute atomic E-state index is 11.7. The molecule has 0 aromatic heterocycles. The highest BCUT2D eigenvalue weighted by Crippen LogP contribution is 2.08. The average Bonchev–Trinajstić information content (AvgIpc) is 2.24. The Hall–Kier alpha value is -0.260. The smallest absolute Gasteiger partial charge is 0.232 e. The van der Waals surface area contributed by atoms with Gasteiger partial charge in [-0.3, -0.25) is 4.79 Å². The van der Waals surface area contributed by atoms with Crippen LogP contribution in [0, 0.1) is 0 Å². The van der Waals surface area contributed by atoms with Gasteiger partial charge in [-0.25, -0.2) is 0 Å². The molecule has 0 aromatic rings. The highest BCUT2D eigenvalue weighted by atomic mass is 32.2. The first-order valence-electron chi connectivity index (χ1n) is 5.32. The van der Waals surface area contributed by atoms with E-state index in [1.54, 1.807) is 11.8 Å². The van der Waals surface area contributed by atoms with Crippen LogP contribution in [-0.4, -0.2) is 59.8 Å². The van der Waals surface area contributed by atoms with Gasteiger partial charge in [0.25, 0.3) is 0 Å². The van der Waals surface area contributed by atoms with E-state index in [9.17, 15) is 4.79 Å². The van der Waals surface area contributed by atoms with E-state index in [-0.39, 0.29) is 18.6 Å². The molecule has 1 aliphatic rings. The third-order valence-corrected chi connectivity index (χ3v) is 3.29. The molecule has 1 unspecified atom stereocenters. The van der Waals surface area contributed by atoms with Crippen molar-refractivity contribution < 1.29 is 14.6 Å². The molecule has 0 bridgehead atoms. The van der Waals surface area contributed by atoms with Crippen LogP contribution in [0.3, 0.4) is 0 Å². The Kier molecular flexibility index (Phi) is 6.05. The van der Waals surface area contributed by atoms with Crippen LogP contribution < -0.4 is 0 Å². The number of aliphatic hydroxyl groups excluding tert-OH is 1. The minimum atomic E-state index is 0.158. The fourth-order valence-corrected chi connectivity index (χ4v) is 2.30. The second-order valence-corrected chi connectivity index (χ2v) is 4.76. The minimum Gasteiger partial charge on any atom is -0.396 e. The van der Waals surface area contributed by atoms with Crippen LogP contribution >= 0.6 is 11.8 Å². The summed E-state index contributed by atoms with van der Waals surface area (Å²) in [6.07, 6.45) is 0.919. The molecule has 0 aromatic carbocycles. The van der Waals surface area contributed by atoms with E-state index in [0.717, 1.165) is 12.2 Å². The number of rotatable bonds is 5. The Morgan fingerprint density at radius 3 is 3.13 bits per heavy atom. The second-order valence-electron chi connectivity index (χ2n) is 3.65. The van der Waals surface area contributed by atoms with Crippen LogP contribution in [0.4, 0.5) is 0 Å². The van der Waals surface area contributed by atoms with E-state index in [1.807, 2.05) is 11.8 Å². The molecule has 0 saturated carbocycles. The number of hydrogen-bond donors (Lipinski definition) is 1. The lowest BCUT2D eigenvalue weighted by molar-refractivity contribution is -0.135. The van der Waals surface area contributed by atoms with Gasteiger partial charge >= 0.3 is 0 Å². The van der Waals surface area contributed by atoms with Crippen molar-refractivity contribution in [2.45, 2.75) is 19.4 Å². The van der Waals surface area contributed by atoms with Crippen molar-refractivity contribution in [3.8, 4) is 0 Å². The molecule has 5 heteroatoms. The predicted molar refractivity (Wildman–Crippen MR) is 61.0 cm³/mol. The summed E-state index contributed by atoms with van der Waals surface area (Å²) in [5.41, 5.74) is 0. The summed E-state index contributed by atoms with van der Waals surface area (Å²) in [5.74, 6) is 1.56. The number of carbonyl (C=O) groups is 1. The van der Waals surface area contributed by atoms with Crippen LogP contribution in [-0.2, 0) is 9.53 Å². The minimum absolute atomic E-state index is 0.158. The maximum Gasteiger partial charge on any atom is 0.232 e. The number of thioether (sulfide) groups is 1.